The highest BCUT2D eigenvalue weighted by Gasteiger charge is 2.30. The molecule has 6 heteroatoms. The van der Waals surface area contributed by atoms with Crippen LogP contribution in [-0.2, 0) is 37.1 Å². The number of hydrogen-bond donors (Lipinski definition) is 0. The molecule has 3 aliphatic heterocycles. The normalized spacial score (nSPS) is 17.7. The van der Waals surface area contributed by atoms with Crippen molar-refractivity contribution in [3.63, 3.8) is 0 Å². The fourth-order valence-corrected chi connectivity index (χ4v) is 5.65. The van der Waals surface area contributed by atoms with E-state index < -0.39 is 0 Å². The van der Waals surface area contributed by atoms with Gasteiger partial charge in [-0.25, -0.2) is 4.98 Å². The Morgan fingerprint density at radius 3 is 2.34 bits per heavy atom. The van der Waals surface area contributed by atoms with E-state index in [1.165, 1.54) is 30.4 Å². The standard InChI is InChI=1S/C29H33N5O/c35-27(19-22-9-3-1-4-10-22)33-18-14-26-25(21-33)28(32-15-7-2-8-16-32)31-29(30-26)34-17-13-23-11-5-6-12-24(23)20-34/h1,3-6,9-12H,2,7-8,13-21H2. The van der Waals surface area contributed by atoms with Crippen LogP contribution in [-0.4, -0.2) is 47.0 Å². The number of nitrogens with zero attached hydrogens (tertiary/aromatic N) is 5. The molecule has 0 aliphatic carbocycles. The van der Waals surface area contributed by atoms with Crippen LogP contribution < -0.4 is 9.80 Å². The van der Waals surface area contributed by atoms with Gasteiger partial charge in [-0.3, -0.25) is 4.79 Å². The monoisotopic (exact) mass is 467 g/mol. The molecule has 1 saturated heterocycles. The third-order valence-corrected chi connectivity index (χ3v) is 7.65. The molecule has 2 aromatic carbocycles. The minimum Gasteiger partial charge on any atom is -0.356 e. The molecule has 1 fully saturated rings. The molecule has 0 spiro atoms. The number of piperidine rings is 1. The first-order chi connectivity index (χ1) is 17.2. The maximum absolute atomic E-state index is 13.2. The summed E-state index contributed by atoms with van der Waals surface area (Å²) in [5.74, 6) is 2.09. The Morgan fingerprint density at radius 1 is 0.743 bits per heavy atom. The van der Waals surface area contributed by atoms with Crippen LogP contribution in [0.15, 0.2) is 54.6 Å². The van der Waals surface area contributed by atoms with Gasteiger partial charge in [-0.15, -0.1) is 0 Å². The molecule has 180 valence electrons. The summed E-state index contributed by atoms with van der Waals surface area (Å²) in [5.41, 5.74) is 6.15. The average Bonchev–Trinajstić information content (AvgIpc) is 2.93. The number of amides is 1. The highest BCUT2D eigenvalue weighted by atomic mass is 16.2. The lowest BCUT2D eigenvalue weighted by Crippen LogP contribution is -2.40. The van der Waals surface area contributed by atoms with Gasteiger partial charge in [0.05, 0.1) is 18.7 Å². The lowest BCUT2D eigenvalue weighted by Gasteiger charge is -2.36. The van der Waals surface area contributed by atoms with Crippen LogP contribution in [0, 0.1) is 0 Å². The number of rotatable bonds is 4. The first-order valence-corrected chi connectivity index (χ1v) is 13.0. The van der Waals surface area contributed by atoms with Gasteiger partial charge in [0, 0.05) is 44.7 Å². The summed E-state index contributed by atoms with van der Waals surface area (Å²) in [6.45, 7) is 5.19. The van der Waals surface area contributed by atoms with Gasteiger partial charge < -0.3 is 14.7 Å². The van der Waals surface area contributed by atoms with E-state index in [0.717, 1.165) is 74.2 Å². The molecule has 6 rings (SSSR count). The smallest absolute Gasteiger partial charge is 0.227 e. The Kier molecular flexibility index (Phi) is 6.11. The lowest BCUT2D eigenvalue weighted by atomic mass is 10.00. The van der Waals surface area contributed by atoms with Crippen molar-refractivity contribution in [3.8, 4) is 0 Å². The molecular weight excluding hydrogens is 434 g/mol. The lowest BCUT2D eigenvalue weighted by molar-refractivity contribution is -0.131. The van der Waals surface area contributed by atoms with E-state index in [9.17, 15) is 4.79 Å². The minimum atomic E-state index is 0.183. The van der Waals surface area contributed by atoms with E-state index in [4.69, 9.17) is 9.97 Å². The Morgan fingerprint density at radius 2 is 1.51 bits per heavy atom. The number of carbonyl (C=O) groups excluding carboxylic acids is 1. The van der Waals surface area contributed by atoms with Crippen molar-refractivity contribution in [2.24, 2.45) is 0 Å². The maximum Gasteiger partial charge on any atom is 0.227 e. The molecule has 6 nitrogen and oxygen atoms in total. The number of benzene rings is 2. The van der Waals surface area contributed by atoms with Crippen LogP contribution >= 0.6 is 0 Å². The van der Waals surface area contributed by atoms with Crippen LogP contribution in [0.5, 0.6) is 0 Å². The van der Waals surface area contributed by atoms with E-state index in [1.54, 1.807) is 0 Å². The predicted molar refractivity (Wildman–Crippen MR) is 139 cm³/mol. The molecule has 3 aromatic rings. The Hall–Kier alpha value is -3.41. The summed E-state index contributed by atoms with van der Waals surface area (Å²) in [6.07, 6.45) is 5.93. The number of hydrogen-bond acceptors (Lipinski definition) is 5. The molecule has 35 heavy (non-hydrogen) atoms. The second-order valence-corrected chi connectivity index (χ2v) is 9.99. The van der Waals surface area contributed by atoms with Crippen LogP contribution in [0.3, 0.4) is 0 Å². The fourth-order valence-electron chi connectivity index (χ4n) is 5.65. The third-order valence-electron chi connectivity index (χ3n) is 7.65. The van der Waals surface area contributed by atoms with Crippen LogP contribution in [0.25, 0.3) is 0 Å². The second kappa shape index (κ2) is 9.68. The zero-order valence-corrected chi connectivity index (χ0v) is 20.3. The summed E-state index contributed by atoms with van der Waals surface area (Å²) < 4.78 is 0. The van der Waals surface area contributed by atoms with Gasteiger partial charge in [0.25, 0.3) is 0 Å². The van der Waals surface area contributed by atoms with Crippen LogP contribution in [0.2, 0.25) is 0 Å². The van der Waals surface area contributed by atoms with Crippen molar-refractivity contribution >= 4 is 17.7 Å². The van der Waals surface area contributed by atoms with Crippen LogP contribution in [0.4, 0.5) is 11.8 Å². The van der Waals surface area contributed by atoms with Crippen molar-refractivity contribution in [3.05, 3.63) is 82.5 Å². The van der Waals surface area contributed by atoms with Gasteiger partial charge in [-0.05, 0) is 42.4 Å². The largest absolute Gasteiger partial charge is 0.356 e. The van der Waals surface area contributed by atoms with E-state index in [-0.39, 0.29) is 5.91 Å². The molecule has 3 aliphatic rings. The Balaban J connectivity index is 1.29. The topological polar surface area (TPSA) is 52.6 Å². The van der Waals surface area contributed by atoms with Gasteiger partial charge in [-0.2, -0.15) is 4.98 Å². The number of anilines is 2. The number of carbonyl (C=O) groups is 1. The van der Waals surface area contributed by atoms with Crippen molar-refractivity contribution < 1.29 is 4.79 Å². The highest BCUT2D eigenvalue weighted by Crippen LogP contribution is 2.32. The molecule has 0 bridgehead atoms. The molecule has 0 radical (unpaired) electrons. The molecule has 4 heterocycles. The molecule has 0 unspecified atom stereocenters. The zero-order chi connectivity index (χ0) is 23.6. The zero-order valence-electron chi connectivity index (χ0n) is 20.3. The van der Waals surface area contributed by atoms with E-state index in [1.807, 2.05) is 35.2 Å². The van der Waals surface area contributed by atoms with Gasteiger partial charge in [0.15, 0.2) is 0 Å². The minimum absolute atomic E-state index is 0.183. The van der Waals surface area contributed by atoms with E-state index >= 15 is 0 Å². The molecule has 0 saturated carbocycles. The highest BCUT2D eigenvalue weighted by molar-refractivity contribution is 5.79. The van der Waals surface area contributed by atoms with E-state index in [0.29, 0.717) is 13.0 Å². The molecule has 1 amide bonds. The van der Waals surface area contributed by atoms with Crippen molar-refractivity contribution in [2.75, 3.05) is 36.0 Å². The Labute approximate surface area is 207 Å². The quantitative estimate of drug-likeness (QED) is 0.577. The first-order valence-electron chi connectivity index (χ1n) is 13.0. The number of aromatic nitrogens is 2. The average molecular weight is 468 g/mol. The SMILES string of the molecule is O=C(Cc1ccccc1)N1CCc2nc(N3CCc4ccccc4C3)nc(N3CCCCC3)c2C1. The molecule has 0 atom stereocenters. The predicted octanol–water partition coefficient (Wildman–Crippen LogP) is 4.16. The Bertz CT molecular complexity index is 1200. The van der Waals surface area contributed by atoms with Crippen molar-refractivity contribution in [1.29, 1.82) is 0 Å². The fraction of sp³-hybridized carbons (Fsp3) is 0.414. The van der Waals surface area contributed by atoms with Gasteiger partial charge in [0.1, 0.15) is 5.82 Å². The summed E-state index contributed by atoms with van der Waals surface area (Å²) in [6, 6.07) is 18.8. The summed E-state index contributed by atoms with van der Waals surface area (Å²) in [5, 5.41) is 0. The second-order valence-electron chi connectivity index (χ2n) is 9.99. The summed E-state index contributed by atoms with van der Waals surface area (Å²) >= 11 is 0. The van der Waals surface area contributed by atoms with Gasteiger partial charge in [0.2, 0.25) is 11.9 Å². The van der Waals surface area contributed by atoms with Gasteiger partial charge >= 0.3 is 0 Å². The molecule has 0 N–H and O–H groups in total. The summed E-state index contributed by atoms with van der Waals surface area (Å²) in [7, 11) is 0. The van der Waals surface area contributed by atoms with Gasteiger partial charge in [-0.1, -0.05) is 54.6 Å². The third kappa shape index (κ3) is 4.62. The van der Waals surface area contributed by atoms with Crippen molar-refractivity contribution in [2.45, 2.75) is 51.6 Å². The first kappa shape index (κ1) is 22.1. The maximum atomic E-state index is 13.2. The molecular formula is C29H33N5O. The van der Waals surface area contributed by atoms with Crippen molar-refractivity contribution in [1.82, 2.24) is 14.9 Å². The van der Waals surface area contributed by atoms with Crippen LogP contribution in [0.1, 0.15) is 47.2 Å². The molecule has 1 aromatic heterocycles. The summed E-state index contributed by atoms with van der Waals surface area (Å²) in [4.78, 5) is 30.2. The van der Waals surface area contributed by atoms with E-state index in [2.05, 4.69) is 34.1 Å². The number of fused-ring (bicyclic) bond motifs is 2.